The number of primary amides is 1. The number of hydrogen-bond donors (Lipinski definition) is 1. The van der Waals surface area contributed by atoms with Gasteiger partial charge < -0.3 is 10.3 Å². The summed E-state index contributed by atoms with van der Waals surface area (Å²) in [5, 5.41) is 1.41. The van der Waals surface area contributed by atoms with Crippen LogP contribution in [0, 0.1) is 11.9 Å². The number of benzene rings is 4. The molecular formula is C27H20FN2O. The number of carbonyl (C=O) groups is 1. The molecule has 0 bridgehead atoms. The van der Waals surface area contributed by atoms with Gasteiger partial charge in [0.2, 0.25) is 5.91 Å². The smallest absolute Gasteiger partial charge is 0.249 e. The van der Waals surface area contributed by atoms with Crippen molar-refractivity contribution in [2.45, 2.75) is 13.0 Å². The second kappa shape index (κ2) is 7.73. The Hall–Kier alpha value is -3.92. The first-order valence-electron chi connectivity index (χ1n) is 10.1. The van der Waals surface area contributed by atoms with E-state index in [1.54, 1.807) is 6.07 Å². The summed E-state index contributed by atoms with van der Waals surface area (Å²) in [6.45, 7) is 0.544. The van der Waals surface area contributed by atoms with Crippen LogP contribution in [0.5, 0.6) is 0 Å². The highest BCUT2D eigenvalue weighted by Gasteiger charge is 2.18. The highest BCUT2D eigenvalue weighted by molar-refractivity contribution is 6.17. The Bertz CT molecular complexity index is 1420. The SMILES string of the molecule is NC(=O)c1cccc2c1c1[c]cc(F)cc1n2Cc1ccccc1Cc1ccccc1. The van der Waals surface area contributed by atoms with Gasteiger partial charge in [0.1, 0.15) is 5.82 Å². The zero-order chi connectivity index (χ0) is 21.4. The first kappa shape index (κ1) is 19.1. The Labute approximate surface area is 179 Å². The van der Waals surface area contributed by atoms with Crippen molar-refractivity contribution in [2.75, 3.05) is 0 Å². The second-order valence-electron chi connectivity index (χ2n) is 7.66. The molecule has 1 aromatic heterocycles. The highest BCUT2D eigenvalue weighted by atomic mass is 19.1. The minimum atomic E-state index is -0.508. The van der Waals surface area contributed by atoms with E-state index < -0.39 is 5.91 Å². The van der Waals surface area contributed by atoms with Crippen LogP contribution in [0.2, 0.25) is 0 Å². The highest BCUT2D eigenvalue weighted by Crippen LogP contribution is 2.33. The first-order chi connectivity index (χ1) is 15.1. The van der Waals surface area contributed by atoms with Gasteiger partial charge in [-0.25, -0.2) is 4.39 Å². The third-order valence-electron chi connectivity index (χ3n) is 5.71. The summed E-state index contributed by atoms with van der Waals surface area (Å²) in [5.74, 6) is -0.874. The fourth-order valence-electron chi connectivity index (χ4n) is 4.28. The van der Waals surface area contributed by atoms with Crippen molar-refractivity contribution in [1.29, 1.82) is 0 Å². The Balaban J connectivity index is 1.69. The number of amides is 1. The average Bonchev–Trinajstić information content (AvgIpc) is 3.08. The van der Waals surface area contributed by atoms with Crippen LogP contribution in [0.1, 0.15) is 27.0 Å². The van der Waals surface area contributed by atoms with Gasteiger partial charge in [-0.1, -0.05) is 60.7 Å². The van der Waals surface area contributed by atoms with Gasteiger partial charge >= 0.3 is 0 Å². The molecule has 0 aliphatic carbocycles. The summed E-state index contributed by atoms with van der Waals surface area (Å²) in [7, 11) is 0. The van der Waals surface area contributed by atoms with E-state index in [1.165, 1.54) is 23.3 Å². The lowest BCUT2D eigenvalue weighted by Gasteiger charge is -2.13. The molecule has 0 saturated carbocycles. The monoisotopic (exact) mass is 407 g/mol. The molecular weight excluding hydrogens is 387 g/mol. The van der Waals surface area contributed by atoms with Crippen molar-refractivity contribution < 1.29 is 9.18 Å². The van der Waals surface area contributed by atoms with Gasteiger partial charge in [-0.2, -0.15) is 0 Å². The maximum absolute atomic E-state index is 14.2. The summed E-state index contributed by atoms with van der Waals surface area (Å²) in [6.07, 6.45) is 0.807. The maximum atomic E-state index is 14.2. The minimum Gasteiger partial charge on any atom is -0.366 e. The standard InChI is InChI=1S/C27H20FN2O/c28-21-13-14-22-25(16-21)30(24-12-6-11-23(26(22)24)27(29)31)17-20-10-5-4-9-19(20)15-18-7-2-1-3-8-18/h1-13,16H,15,17H2,(H2,29,31). The van der Waals surface area contributed by atoms with Gasteiger partial charge in [-0.05, 0) is 53.4 Å². The molecule has 0 aliphatic rings. The van der Waals surface area contributed by atoms with Gasteiger partial charge in [0.25, 0.3) is 0 Å². The van der Waals surface area contributed by atoms with Crippen LogP contribution in [0.25, 0.3) is 21.8 Å². The molecule has 1 radical (unpaired) electrons. The largest absolute Gasteiger partial charge is 0.366 e. The predicted octanol–water partition coefficient (Wildman–Crippen LogP) is 5.47. The predicted molar refractivity (Wildman–Crippen MR) is 122 cm³/mol. The molecule has 0 saturated heterocycles. The lowest BCUT2D eigenvalue weighted by molar-refractivity contribution is 0.100. The van der Waals surface area contributed by atoms with E-state index in [9.17, 15) is 9.18 Å². The summed E-state index contributed by atoms with van der Waals surface area (Å²) in [5.41, 5.74) is 11.2. The summed E-state index contributed by atoms with van der Waals surface area (Å²) in [4.78, 5) is 12.1. The quantitative estimate of drug-likeness (QED) is 0.413. The zero-order valence-corrected chi connectivity index (χ0v) is 16.8. The van der Waals surface area contributed by atoms with E-state index in [-0.39, 0.29) is 5.82 Å². The van der Waals surface area contributed by atoms with Crippen LogP contribution in [-0.2, 0) is 13.0 Å². The first-order valence-corrected chi connectivity index (χ1v) is 10.1. The van der Waals surface area contributed by atoms with Crippen molar-refractivity contribution in [3.8, 4) is 0 Å². The van der Waals surface area contributed by atoms with Gasteiger partial charge in [0, 0.05) is 22.9 Å². The normalized spacial score (nSPS) is 11.3. The van der Waals surface area contributed by atoms with Gasteiger partial charge in [0.15, 0.2) is 0 Å². The number of halogens is 1. The van der Waals surface area contributed by atoms with E-state index in [0.29, 0.717) is 28.4 Å². The Morgan fingerprint density at radius 1 is 0.903 bits per heavy atom. The van der Waals surface area contributed by atoms with E-state index in [1.807, 2.05) is 47.0 Å². The molecule has 0 aliphatic heterocycles. The number of hydrogen-bond acceptors (Lipinski definition) is 1. The molecule has 5 aromatic rings. The molecule has 2 N–H and O–H groups in total. The van der Waals surface area contributed by atoms with E-state index in [2.05, 4.69) is 30.3 Å². The van der Waals surface area contributed by atoms with Crippen LogP contribution in [0.3, 0.4) is 0 Å². The van der Waals surface area contributed by atoms with Crippen LogP contribution in [0.4, 0.5) is 4.39 Å². The number of fused-ring (bicyclic) bond motifs is 3. The molecule has 1 heterocycles. The molecule has 0 fully saturated rings. The van der Waals surface area contributed by atoms with Crippen LogP contribution in [-0.4, -0.2) is 10.5 Å². The second-order valence-corrected chi connectivity index (χ2v) is 7.66. The zero-order valence-electron chi connectivity index (χ0n) is 16.8. The Kier molecular flexibility index (Phi) is 4.75. The number of rotatable bonds is 5. The molecule has 4 heteroatoms. The summed E-state index contributed by atoms with van der Waals surface area (Å²) in [6, 6.07) is 29.8. The Morgan fingerprint density at radius 2 is 1.65 bits per heavy atom. The van der Waals surface area contributed by atoms with Crippen LogP contribution >= 0.6 is 0 Å². The lowest BCUT2D eigenvalue weighted by atomic mass is 9.99. The number of carbonyl (C=O) groups excluding carboxylic acids is 1. The number of nitrogens with zero attached hydrogens (tertiary/aromatic N) is 1. The summed E-state index contributed by atoms with van der Waals surface area (Å²) < 4.78 is 16.2. The molecule has 1 amide bonds. The molecule has 3 nitrogen and oxygen atoms in total. The van der Waals surface area contributed by atoms with Gasteiger partial charge in [-0.3, -0.25) is 4.79 Å². The average molecular weight is 407 g/mol. The topological polar surface area (TPSA) is 48.0 Å². The number of nitrogens with two attached hydrogens (primary N) is 1. The van der Waals surface area contributed by atoms with Crippen LogP contribution in [0.15, 0.2) is 84.9 Å². The summed E-state index contributed by atoms with van der Waals surface area (Å²) >= 11 is 0. The molecule has 0 spiro atoms. The van der Waals surface area contributed by atoms with Crippen molar-refractivity contribution in [1.82, 2.24) is 4.57 Å². The maximum Gasteiger partial charge on any atom is 0.249 e. The van der Waals surface area contributed by atoms with Crippen LogP contribution < -0.4 is 5.73 Å². The molecule has 31 heavy (non-hydrogen) atoms. The van der Waals surface area contributed by atoms with Gasteiger partial charge in [-0.15, -0.1) is 0 Å². The number of aromatic nitrogens is 1. The third-order valence-corrected chi connectivity index (χ3v) is 5.71. The van der Waals surface area contributed by atoms with Gasteiger partial charge in [0.05, 0.1) is 11.0 Å². The van der Waals surface area contributed by atoms with E-state index in [4.69, 9.17) is 5.73 Å². The van der Waals surface area contributed by atoms with Crippen molar-refractivity contribution in [3.63, 3.8) is 0 Å². The third kappa shape index (κ3) is 3.46. The van der Waals surface area contributed by atoms with Crippen molar-refractivity contribution in [2.24, 2.45) is 5.73 Å². The molecule has 151 valence electrons. The van der Waals surface area contributed by atoms with E-state index >= 15 is 0 Å². The molecule has 4 aromatic carbocycles. The van der Waals surface area contributed by atoms with Crippen molar-refractivity contribution in [3.05, 3.63) is 119 Å². The fourth-order valence-corrected chi connectivity index (χ4v) is 4.28. The molecule has 5 rings (SSSR count). The van der Waals surface area contributed by atoms with E-state index in [0.717, 1.165) is 17.5 Å². The Morgan fingerprint density at radius 3 is 2.42 bits per heavy atom. The minimum absolute atomic E-state index is 0.366. The molecule has 0 unspecified atom stereocenters. The fraction of sp³-hybridized carbons (Fsp3) is 0.0741. The van der Waals surface area contributed by atoms with Crippen molar-refractivity contribution >= 4 is 27.7 Å². The molecule has 0 atom stereocenters. The lowest BCUT2D eigenvalue weighted by Crippen LogP contribution is -2.11.